The highest BCUT2D eigenvalue weighted by atomic mass is 79.9. The van der Waals surface area contributed by atoms with E-state index in [9.17, 15) is 4.79 Å². The van der Waals surface area contributed by atoms with E-state index in [4.69, 9.17) is 16.3 Å². The van der Waals surface area contributed by atoms with E-state index in [-0.39, 0.29) is 12.5 Å². The second-order valence-corrected chi connectivity index (χ2v) is 7.39. The number of piperazine rings is 1. The van der Waals surface area contributed by atoms with Gasteiger partial charge >= 0.3 is 0 Å². The summed E-state index contributed by atoms with van der Waals surface area (Å²) in [6.45, 7) is 5.15. The van der Waals surface area contributed by atoms with Gasteiger partial charge in [0.05, 0.1) is 5.02 Å². The summed E-state index contributed by atoms with van der Waals surface area (Å²) in [6, 6.07) is 13.8. The Bertz CT molecular complexity index is 761. The maximum absolute atomic E-state index is 12.4. The maximum atomic E-state index is 12.4. The van der Waals surface area contributed by atoms with Crippen LogP contribution in [0.4, 0.5) is 5.69 Å². The second kappa shape index (κ2) is 8.11. The number of carbonyl (C=O) groups is 1. The predicted molar refractivity (Wildman–Crippen MR) is 105 cm³/mol. The highest BCUT2D eigenvalue weighted by Gasteiger charge is 2.21. The van der Waals surface area contributed by atoms with Gasteiger partial charge in [0.25, 0.3) is 5.91 Å². The molecule has 6 heteroatoms. The Balaban J connectivity index is 1.51. The van der Waals surface area contributed by atoms with Crippen LogP contribution >= 0.6 is 27.5 Å². The molecule has 4 nitrogen and oxygen atoms in total. The first-order valence-electron chi connectivity index (χ1n) is 8.20. The Morgan fingerprint density at radius 1 is 1.16 bits per heavy atom. The average Bonchev–Trinajstić information content (AvgIpc) is 2.61. The Labute approximate surface area is 161 Å². The number of hydrogen-bond acceptors (Lipinski definition) is 3. The van der Waals surface area contributed by atoms with E-state index in [1.807, 2.05) is 11.0 Å². The van der Waals surface area contributed by atoms with Gasteiger partial charge in [-0.3, -0.25) is 4.79 Å². The van der Waals surface area contributed by atoms with Gasteiger partial charge in [-0.25, -0.2) is 0 Å². The molecule has 0 bridgehead atoms. The van der Waals surface area contributed by atoms with Crippen molar-refractivity contribution in [3.8, 4) is 5.75 Å². The van der Waals surface area contributed by atoms with Gasteiger partial charge in [-0.05, 0) is 42.8 Å². The fraction of sp³-hybridized carbons (Fsp3) is 0.316. The van der Waals surface area contributed by atoms with Crippen LogP contribution in [0.5, 0.6) is 5.75 Å². The van der Waals surface area contributed by atoms with E-state index in [1.165, 1.54) is 11.3 Å². The molecule has 0 atom stereocenters. The summed E-state index contributed by atoms with van der Waals surface area (Å²) in [7, 11) is 0. The quantitative estimate of drug-likeness (QED) is 0.741. The summed E-state index contributed by atoms with van der Waals surface area (Å²) < 4.78 is 6.45. The summed E-state index contributed by atoms with van der Waals surface area (Å²) in [4.78, 5) is 16.5. The third kappa shape index (κ3) is 4.67. The molecule has 3 rings (SSSR count). The Morgan fingerprint density at radius 3 is 2.60 bits per heavy atom. The van der Waals surface area contributed by atoms with Crippen LogP contribution in [0.1, 0.15) is 5.56 Å². The van der Waals surface area contributed by atoms with E-state index in [1.54, 1.807) is 12.1 Å². The smallest absolute Gasteiger partial charge is 0.260 e. The van der Waals surface area contributed by atoms with Crippen LogP contribution in [0, 0.1) is 6.92 Å². The first kappa shape index (κ1) is 18.1. The van der Waals surface area contributed by atoms with Gasteiger partial charge in [-0.1, -0.05) is 39.7 Å². The van der Waals surface area contributed by atoms with Crippen LogP contribution in [-0.2, 0) is 4.79 Å². The SMILES string of the molecule is Cc1cccc(N2CCN(C(=O)COc3ccc(Br)cc3Cl)CC2)c1. The lowest BCUT2D eigenvalue weighted by Crippen LogP contribution is -2.50. The molecule has 1 saturated heterocycles. The van der Waals surface area contributed by atoms with Crippen molar-refractivity contribution in [1.29, 1.82) is 0 Å². The van der Waals surface area contributed by atoms with Crippen molar-refractivity contribution in [2.45, 2.75) is 6.92 Å². The molecular formula is C19H20BrClN2O2. The lowest BCUT2D eigenvalue weighted by Gasteiger charge is -2.36. The highest BCUT2D eigenvalue weighted by Crippen LogP contribution is 2.27. The van der Waals surface area contributed by atoms with Crippen molar-refractivity contribution in [2.24, 2.45) is 0 Å². The van der Waals surface area contributed by atoms with Crippen molar-refractivity contribution >= 4 is 39.1 Å². The number of anilines is 1. The normalized spacial score (nSPS) is 14.5. The van der Waals surface area contributed by atoms with E-state index < -0.39 is 0 Å². The van der Waals surface area contributed by atoms with E-state index in [2.05, 4.69) is 52.0 Å². The molecule has 0 aliphatic carbocycles. The molecule has 1 aliphatic rings. The first-order valence-corrected chi connectivity index (χ1v) is 9.37. The molecule has 0 N–H and O–H groups in total. The fourth-order valence-corrected chi connectivity index (χ4v) is 3.59. The Hall–Kier alpha value is -1.72. The molecule has 1 heterocycles. The predicted octanol–water partition coefficient (Wildman–Crippen LogP) is 4.14. The minimum atomic E-state index is -0.0112. The zero-order valence-electron chi connectivity index (χ0n) is 14.0. The van der Waals surface area contributed by atoms with Crippen LogP contribution < -0.4 is 9.64 Å². The topological polar surface area (TPSA) is 32.8 Å². The van der Waals surface area contributed by atoms with Crippen molar-refractivity contribution in [3.05, 3.63) is 57.5 Å². The van der Waals surface area contributed by atoms with E-state index >= 15 is 0 Å². The minimum Gasteiger partial charge on any atom is -0.482 e. The first-order chi connectivity index (χ1) is 12.0. The van der Waals surface area contributed by atoms with Gasteiger partial charge in [-0.2, -0.15) is 0 Å². The monoisotopic (exact) mass is 422 g/mol. The fourth-order valence-electron chi connectivity index (χ4n) is 2.86. The molecule has 0 aromatic heterocycles. The van der Waals surface area contributed by atoms with Crippen molar-refractivity contribution in [1.82, 2.24) is 4.90 Å². The van der Waals surface area contributed by atoms with Crippen LogP contribution in [0.2, 0.25) is 5.02 Å². The summed E-state index contributed by atoms with van der Waals surface area (Å²) in [5, 5.41) is 0.492. The molecule has 25 heavy (non-hydrogen) atoms. The Morgan fingerprint density at radius 2 is 1.92 bits per heavy atom. The van der Waals surface area contributed by atoms with Crippen molar-refractivity contribution in [3.63, 3.8) is 0 Å². The van der Waals surface area contributed by atoms with Crippen molar-refractivity contribution < 1.29 is 9.53 Å². The molecule has 2 aromatic rings. The second-order valence-electron chi connectivity index (χ2n) is 6.07. The standard InChI is InChI=1S/C19H20BrClN2O2/c1-14-3-2-4-16(11-14)22-7-9-23(10-8-22)19(24)13-25-18-6-5-15(20)12-17(18)21/h2-6,11-12H,7-10,13H2,1H3. The number of nitrogens with zero attached hydrogens (tertiary/aromatic N) is 2. The third-order valence-electron chi connectivity index (χ3n) is 4.24. The van der Waals surface area contributed by atoms with Crippen LogP contribution in [0.25, 0.3) is 0 Å². The third-order valence-corrected chi connectivity index (χ3v) is 5.03. The maximum Gasteiger partial charge on any atom is 0.260 e. The van der Waals surface area contributed by atoms with Crippen LogP contribution in [0.3, 0.4) is 0 Å². The Kier molecular flexibility index (Phi) is 5.86. The molecule has 1 fully saturated rings. The number of halogens is 2. The molecular weight excluding hydrogens is 404 g/mol. The van der Waals surface area contributed by atoms with Gasteiger partial charge < -0.3 is 14.5 Å². The summed E-state index contributed by atoms with van der Waals surface area (Å²) in [5.74, 6) is 0.513. The minimum absolute atomic E-state index is 0.00575. The zero-order chi connectivity index (χ0) is 17.8. The number of carbonyl (C=O) groups excluding carboxylic acids is 1. The number of benzene rings is 2. The molecule has 0 saturated carbocycles. The van der Waals surface area contributed by atoms with E-state index in [0.29, 0.717) is 23.9 Å². The summed E-state index contributed by atoms with van der Waals surface area (Å²) in [6.07, 6.45) is 0. The number of hydrogen-bond donors (Lipinski definition) is 0. The molecule has 2 aromatic carbocycles. The lowest BCUT2D eigenvalue weighted by molar-refractivity contribution is -0.133. The lowest BCUT2D eigenvalue weighted by atomic mass is 10.2. The molecule has 132 valence electrons. The zero-order valence-corrected chi connectivity index (χ0v) is 16.4. The van der Waals surface area contributed by atoms with Crippen molar-refractivity contribution in [2.75, 3.05) is 37.7 Å². The van der Waals surface area contributed by atoms with Gasteiger partial charge in [0.2, 0.25) is 0 Å². The van der Waals surface area contributed by atoms with Gasteiger partial charge in [0.1, 0.15) is 5.75 Å². The number of ether oxygens (including phenoxy) is 1. The number of rotatable bonds is 4. The number of amides is 1. The van der Waals surface area contributed by atoms with Crippen LogP contribution in [0.15, 0.2) is 46.9 Å². The average molecular weight is 424 g/mol. The van der Waals surface area contributed by atoms with E-state index in [0.717, 1.165) is 17.6 Å². The summed E-state index contributed by atoms with van der Waals surface area (Å²) in [5.41, 5.74) is 2.46. The molecule has 1 amide bonds. The molecule has 0 radical (unpaired) electrons. The highest BCUT2D eigenvalue weighted by molar-refractivity contribution is 9.10. The van der Waals surface area contributed by atoms with Gasteiger partial charge in [0, 0.05) is 36.3 Å². The molecule has 0 spiro atoms. The van der Waals surface area contributed by atoms with Gasteiger partial charge in [-0.15, -0.1) is 0 Å². The summed E-state index contributed by atoms with van der Waals surface area (Å²) >= 11 is 9.46. The largest absolute Gasteiger partial charge is 0.482 e. The van der Waals surface area contributed by atoms with Gasteiger partial charge in [0.15, 0.2) is 6.61 Å². The molecule has 0 unspecified atom stereocenters. The molecule has 1 aliphatic heterocycles. The number of aryl methyl sites for hydroxylation is 1. The van der Waals surface area contributed by atoms with Crippen LogP contribution in [-0.4, -0.2) is 43.6 Å².